The molecule has 0 radical (unpaired) electrons. The van der Waals surface area contributed by atoms with E-state index < -0.39 is 11.2 Å². The molecule has 3 aromatic rings. The minimum absolute atomic E-state index is 0.233. The van der Waals surface area contributed by atoms with Crippen molar-refractivity contribution in [1.29, 1.82) is 0 Å². The van der Waals surface area contributed by atoms with Gasteiger partial charge in [-0.25, -0.2) is 4.98 Å². The largest absolute Gasteiger partial charge is 0.445 e. The number of hydrogen-bond acceptors (Lipinski definition) is 6. The van der Waals surface area contributed by atoms with Gasteiger partial charge in [-0.15, -0.1) is 21.5 Å². The fourth-order valence-electron chi connectivity index (χ4n) is 1.49. The molecule has 0 aliphatic heterocycles. The van der Waals surface area contributed by atoms with Crippen molar-refractivity contribution in [3.8, 4) is 11.3 Å². The first-order valence-electron chi connectivity index (χ1n) is 5.62. The molecular weight excluding hydrogens is 339 g/mol. The molecule has 0 fully saturated rings. The average molecular weight is 345 g/mol. The molecule has 2 aromatic heterocycles. The molecule has 0 saturated carbocycles. The van der Waals surface area contributed by atoms with Crippen molar-refractivity contribution >= 4 is 34.4 Å². The zero-order valence-corrected chi connectivity index (χ0v) is 12.6. The van der Waals surface area contributed by atoms with E-state index in [1.807, 2.05) is 35.7 Å². The molecule has 0 saturated heterocycles. The second kappa shape index (κ2) is 5.74. The Balaban J connectivity index is 1.77. The summed E-state index contributed by atoms with van der Waals surface area (Å²) in [5, 5.41) is 7.61. The summed E-state index contributed by atoms with van der Waals surface area (Å²) in [6.07, 6.45) is -4.45. The lowest BCUT2D eigenvalue weighted by Crippen LogP contribution is -2.03. The molecule has 0 amide bonds. The summed E-state index contributed by atoms with van der Waals surface area (Å²) >= 11 is 2.98. The monoisotopic (exact) mass is 345 g/mol. The first-order valence-corrected chi connectivity index (χ1v) is 8.13. The van der Waals surface area contributed by atoms with Crippen LogP contribution >= 0.6 is 34.4 Å². The maximum atomic E-state index is 12.5. The molecule has 108 valence electrons. The lowest BCUT2D eigenvalue weighted by atomic mass is 10.2. The SMILES string of the molecule is FC(F)(F)c1nnc(Sc2nc(-c3ccccc3)cs2)s1. The third-order valence-corrected chi connectivity index (χ3v) is 5.33. The molecule has 0 N–H and O–H groups in total. The van der Waals surface area contributed by atoms with Gasteiger partial charge in [0.1, 0.15) is 0 Å². The van der Waals surface area contributed by atoms with E-state index in [1.54, 1.807) is 0 Å². The van der Waals surface area contributed by atoms with Crippen molar-refractivity contribution in [3.05, 3.63) is 40.7 Å². The van der Waals surface area contributed by atoms with Crippen LogP contribution in [-0.4, -0.2) is 15.2 Å². The Morgan fingerprint density at radius 2 is 1.76 bits per heavy atom. The van der Waals surface area contributed by atoms with Crippen LogP contribution in [0.15, 0.2) is 44.4 Å². The number of alkyl halides is 3. The maximum absolute atomic E-state index is 12.5. The highest BCUT2D eigenvalue weighted by atomic mass is 32.2. The maximum Gasteiger partial charge on any atom is 0.445 e. The number of aromatic nitrogens is 3. The van der Waals surface area contributed by atoms with E-state index in [2.05, 4.69) is 15.2 Å². The highest BCUT2D eigenvalue weighted by Gasteiger charge is 2.35. The molecule has 1 aromatic carbocycles. The minimum Gasteiger partial charge on any atom is -0.229 e. The second-order valence-corrected chi connectivity index (χ2v) is 7.17. The molecule has 0 aliphatic carbocycles. The van der Waals surface area contributed by atoms with E-state index in [0.717, 1.165) is 23.0 Å². The quantitative estimate of drug-likeness (QED) is 0.681. The van der Waals surface area contributed by atoms with Gasteiger partial charge >= 0.3 is 6.18 Å². The molecule has 0 unspecified atom stereocenters. The summed E-state index contributed by atoms with van der Waals surface area (Å²) in [7, 11) is 0. The van der Waals surface area contributed by atoms with E-state index in [1.165, 1.54) is 11.3 Å². The van der Waals surface area contributed by atoms with Gasteiger partial charge in [-0.2, -0.15) is 13.2 Å². The Labute approximate surface area is 129 Å². The summed E-state index contributed by atoms with van der Waals surface area (Å²) in [5.41, 5.74) is 1.76. The standard InChI is InChI=1S/C12H6F3N3S3/c13-12(14,15)9-17-18-11(20-9)21-10-16-8(6-19-10)7-4-2-1-3-5-7/h1-6H. The Morgan fingerprint density at radius 3 is 2.43 bits per heavy atom. The van der Waals surface area contributed by atoms with Gasteiger partial charge in [-0.1, -0.05) is 41.7 Å². The summed E-state index contributed by atoms with van der Waals surface area (Å²) in [6.45, 7) is 0. The number of rotatable bonds is 3. The van der Waals surface area contributed by atoms with Crippen LogP contribution in [0, 0.1) is 0 Å². The van der Waals surface area contributed by atoms with Crippen molar-refractivity contribution in [1.82, 2.24) is 15.2 Å². The second-order valence-electron chi connectivity index (χ2n) is 3.84. The van der Waals surface area contributed by atoms with Crippen molar-refractivity contribution in [3.63, 3.8) is 0 Å². The Morgan fingerprint density at radius 1 is 1.00 bits per heavy atom. The zero-order chi connectivity index (χ0) is 14.9. The van der Waals surface area contributed by atoms with Crippen LogP contribution in [0.25, 0.3) is 11.3 Å². The molecule has 9 heteroatoms. The van der Waals surface area contributed by atoms with E-state index >= 15 is 0 Å². The number of nitrogens with zero attached hydrogens (tertiary/aromatic N) is 3. The first-order chi connectivity index (χ1) is 10.0. The van der Waals surface area contributed by atoms with Crippen LogP contribution in [0.4, 0.5) is 13.2 Å². The van der Waals surface area contributed by atoms with Crippen LogP contribution in [0.5, 0.6) is 0 Å². The summed E-state index contributed by atoms with van der Waals surface area (Å²) in [4.78, 5) is 4.39. The van der Waals surface area contributed by atoms with Crippen LogP contribution in [0.3, 0.4) is 0 Å². The highest BCUT2D eigenvalue weighted by Crippen LogP contribution is 2.38. The van der Waals surface area contributed by atoms with Gasteiger partial charge < -0.3 is 0 Å². The van der Waals surface area contributed by atoms with E-state index in [0.29, 0.717) is 15.7 Å². The zero-order valence-electron chi connectivity index (χ0n) is 10.2. The third kappa shape index (κ3) is 3.42. The van der Waals surface area contributed by atoms with Gasteiger partial charge in [-0.3, -0.25) is 0 Å². The van der Waals surface area contributed by atoms with Crippen LogP contribution in [-0.2, 0) is 6.18 Å². The van der Waals surface area contributed by atoms with Crippen LogP contribution < -0.4 is 0 Å². The fourth-order valence-corrected chi connectivity index (χ4v) is 4.23. The topological polar surface area (TPSA) is 38.7 Å². The normalized spacial score (nSPS) is 11.8. The number of hydrogen-bond donors (Lipinski definition) is 0. The summed E-state index contributed by atoms with van der Waals surface area (Å²) in [6, 6.07) is 9.57. The number of halogens is 3. The number of thiazole rings is 1. The Hall–Kier alpha value is -1.45. The lowest BCUT2D eigenvalue weighted by molar-refractivity contribution is -0.138. The Bertz CT molecular complexity index is 737. The van der Waals surface area contributed by atoms with E-state index in [-0.39, 0.29) is 4.34 Å². The van der Waals surface area contributed by atoms with Crippen LogP contribution in [0.2, 0.25) is 0 Å². The van der Waals surface area contributed by atoms with E-state index in [4.69, 9.17) is 0 Å². The van der Waals surface area contributed by atoms with Gasteiger partial charge in [0, 0.05) is 10.9 Å². The van der Waals surface area contributed by atoms with Gasteiger partial charge in [0.15, 0.2) is 8.68 Å². The molecular formula is C12H6F3N3S3. The molecule has 0 spiro atoms. The predicted molar refractivity (Wildman–Crippen MR) is 76.6 cm³/mol. The summed E-state index contributed by atoms with van der Waals surface area (Å²) in [5.74, 6) is 0. The number of benzene rings is 1. The lowest BCUT2D eigenvalue weighted by Gasteiger charge is -1.97. The fraction of sp³-hybridized carbons (Fsp3) is 0.0833. The minimum atomic E-state index is -4.45. The molecule has 3 rings (SSSR count). The van der Waals surface area contributed by atoms with Gasteiger partial charge in [0.25, 0.3) is 0 Å². The van der Waals surface area contributed by atoms with Crippen molar-refractivity contribution < 1.29 is 13.2 Å². The van der Waals surface area contributed by atoms with Gasteiger partial charge in [0.05, 0.1) is 5.69 Å². The van der Waals surface area contributed by atoms with Crippen LogP contribution in [0.1, 0.15) is 5.01 Å². The van der Waals surface area contributed by atoms with Gasteiger partial charge in [-0.05, 0) is 11.8 Å². The van der Waals surface area contributed by atoms with E-state index in [9.17, 15) is 13.2 Å². The van der Waals surface area contributed by atoms with Crippen molar-refractivity contribution in [2.24, 2.45) is 0 Å². The molecule has 0 aliphatic rings. The summed E-state index contributed by atoms with van der Waals surface area (Å²) < 4.78 is 38.2. The molecule has 0 atom stereocenters. The van der Waals surface area contributed by atoms with Crippen molar-refractivity contribution in [2.75, 3.05) is 0 Å². The smallest absolute Gasteiger partial charge is 0.229 e. The van der Waals surface area contributed by atoms with Crippen molar-refractivity contribution in [2.45, 2.75) is 14.9 Å². The molecule has 2 heterocycles. The highest BCUT2D eigenvalue weighted by molar-refractivity contribution is 8.02. The third-order valence-electron chi connectivity index (χ3n) is 2.38. The Kier molecular flexibility index (Phi) is 3.96. The predicted octanol–water partition coefficient (Wildman–Crippen LogP) is 4.83. The molecule has 3 nitrogen and oxygen atoms in total. The average Bonchev–Trinajstić information content (AvgIpc) is 3.09. The molecule has 0 bridgehead atoms. The first kappa shape index (κ1) is 14.5. The molecule has 21 heavy (non-hydrogen) atoms. The van der Waals surface area contributed by atoms with Gasteiger partial charge in [0.2, 0.25) is 5.01 Å².